The van der Waals surface area contributed by atoms with Gasteiger partial charge in [0.25, 0.3) is 0 Å². The minimum atomic E-state index is -3.32. The summed E-state index contributed by atoms with van der Waals surface area (Å²) in [5.41, 5.74) is 2.25. The van der Waals surface area contributed by atoms with Gasteiger partial charge in [-0.1, -0.05) is 65.4 Å². The lowest BCUT2D eigenvalue weighted by atomic mass is 10.2. The predicted octanol–water partition coefficient (Wildman–Crippen LogP) is 5.27. The molecule has 0 unspecified atom stereocenters. The van der Waals surface area contributed by atoms with Crippen molar-refractivity contribution in [2.45, 2.75) is 25.1 Å². The Labute approximate surface area is 201 Å². The molecule has 0 atom stereocenters. The molecule has 170 valence electrons. The zero-order chi connectivity index (χ0) is 23.3. The quantitative estimate of drug-likeness (QED) is 0.313. The fourth-order valence-corrected chi connectivity index (χ4v) is 6.14. The summed E-state index contributed by atoms with van der Waals surface area (Å²) in [6, 6.07) is 18.3. The number of amides is 1. The molecule has 2 heterocycles. The Bertz CT molecular complexity index is 1340. The third-order valence-corrected chi connectivity index (χ3v) is 8.06. The van der Waals surface area contributed by atoms with Crippen molar-refractivity contribution >= 4 is 54.0 Å². The fourth-order valence-electron chi connectivity index (χ4n) is 3.43. The van der Waals surface area contributed by atoms with Crippen molar-refractivity contribution in [2.75, 3.05) is 10.7 Å². The molecule has 0 fully saturated rings. The minimum absolute atomic E-state index is 0.0300. The molecule has 0 saturated carbocycles. The number of halogens is 1. The molecule has 33 heavy (non-hydrogen) atoms. The van der Waals surface area contributed by atoms with Gasteiger partial charge in [-0.05, 0) is 35.7 Å². The Morgan fingerprint density at radius 1 is 1.00 bits per heavy atom. The van der Waals surface area contributed by atoms with E-state index >= 15 is 0 Å². The van der Waals surface area contributed by atoms with Gasteiger partial charge in [0.2, 0.25) is 5.91 Å². The Balaban J connectivity index is 1.49. The lowest BCUT2D eigenvalue weighted by Gasteiger charge is -2.20. The number of carbonyl (C=O) groups excluding carboxylic acids is 1. The lowest BCUT2D eigenvalue weighted by Crippen LogP contribution is -2.30. The second-order valence-corrected chi connectivity index (χ2v) is 11.2. The van der Waals surface area contributed by atoms with Crippen LogP contribution in [0.2, 0.25) is 5.02 Å². The van der Waals surface area contributed by atoms with E-state index in [0.29, 0.717) is 22.2 Å². The van der Waals surface area contributed by atoms with Crippen molar-refractivity contribution in [1.29, 1.82) is 0 Å². The highest BCUT2D eigenvalue weighted by Crippen LogP contribution is 2.33. The van der Waals surface area contributed by atoms with Crippen LogP contribution in [0.1, 0.15) is 24.0 Å². The highest BCUT2D eigenvalue weighted by Gasteiger charge is 2.22. The van der Waals surface area contributed by atoms with E-state index in [9.17, 15) is 13.2 Å². The summed E-state index contributed by atoms with van der Waals surface area (Å²) < 4.78 is 25.9. The van der Waals surface area contributed by atoms with Crippen LogP contribution in [-0.4, -0.2) is 30.0 Å². The Morgan fingerprint density at radius 2 is 1.79 bits per heavy atom. The van der Waals surface area contributed by atoms with Crippen molar-refractivity contribution in [3.05, 3.63) is 89.2 Å². The standard InChI is InChI=1S/C24H22ClN3O3S2/c25-20-10-4-11-21-23(20)27-24(32-21)28(16-19-9-5-13-26-15-19)22(29)12-6-14-33(30,31)17-18-7-2-1-3-8-18/h1-5,7-11,13,15H,6,12,14,16-17H2. The summed E-state index contributed by atoms with van der Waals surface area (Å²) in [4.78, 5) is 23.5. The van der Waals surface area contributed by atoms with Crippen LogP contribution in [0.4, 0.5) is 5.13 Å². The highest BCUT2D eigenvalue weighted by atomic mass is 35.5. The maximum atomic E-state index is 13.2. The van der Waals surface area contributed by atoms with Crippen LogP contribution in [0.25, 0.3) is 10.2 Å². The molecule has 0 radical (unpaired) electrons. The molecule has 0 aliphatic heterocycles. The molecule has 2 aromatic carbocycles. The zero-order valence-corrected chi connectivity index (χ0v) is 20.1. The Kier molecular flexibility index (Phi) is 7.37. The van der Waals surface area contributed by atoms with Crippen molar-refractivity contribution in [3.8, 4) is 0 Å². The van der Waals surface area contributed by atoms with E-state index in [0.717, 1.165) is 15.8 Å². The molecule has 0 bridgehead atoms. The van der Waals surface area contributed by atoms with Crippen LogP contribution in [-0.2, 0) is 26.9 Å². The summed E-state index contributed by atoms with van der Waals surface area (Å²) in [5, 5.41) is 1.05. The number of pyridine rings is 1. The number of para-hydroxylation sites is 1. The molecule has 1 amide bonds. The van der Waals surface area contributed by atoms with Gasteiger partial charge in [0.05, 0.1) is 27.8 Å². The smallest absolute Gasteiger partial charge is 0.229 e. The van der Waals surface area contributed by atoms with Crippen LogP contribution in [0.5, 0.6) is 0 Å². The van der Waals surface area contributed by atoms with Crippen molar-refractivity contribution < 1.29 is 13.2 Å². The average molecular weight is 500 g/mol. The van der Waals surface area contributed by atoms with Gasteiger partial charge in [-0.3, -0.25) is 14.7 Å². The van der Waals surface area contributed by atoms with Gasteiger partial charge in [-0.2, -0.15) is 0 Å². The largest absolute Gasteiger partial charge is 0.284 e. The van der Waals surface area contributed by atoms with E-state index in [4.69, 9.17) is 11.6 Å². The number of sulfone groups is 1. The average Bonchev–Trinajstić information content (AvgIpc) is 3.24. The van der Waals surface area contributed by atoms with Crippen LogP contribution in [0.3, 0.4) is 0 Å². The Morgan fingerprint density at radius 3 is 2.52 bits per heavy atom. The number of rotatable bonds is 9. The van der Waals surface area contributed by atoms with E-state index < -0.39 is 9.84 Å². The van der Waals surface area contributed by atoms with Gasteiger partial charge in [0.1, 0.15) is 5.52 Å². The molecule has 4 rings (SSSR count). The summed E-state index contributed by atoms with van der Waals surface area (Å²) in [6.07, 6.45) is 3.71. The van der Waals surface area contributed by atoms with Crippen LogP contribution >= 0.6 is 22.9 Å². The van der Waals surface area contributed by atoms with Gasteiger partial charge in [-0.25, -0.2) is 13.4 Å². The number of carbonyl (C=O) groups is 1. The molecule has 2 aromatic heterocycles. The highest BCUT2D eigenvalue weighted by molar-refractivity contribution is 7.90. The molecule has 0 aliphatic rings. The van der Waals surface area contributed by atoms with Crippen molar-refractivity contribution in [3.63, 3.8) is 0 Å². The molecule has 0 spiro atoms. The van der Waals surface area contributed by atoms with Crippen molar-refractivity contribution in [2.24, 2.45) is 0 Å². The van der Waals surface area contributed by atoms with Crippen LogP contribution in [0.15, 0.2) is 73.1 Å². The fraction of sp³-hybridized carbons (Fsp3) is 0.208. The van der Waals surface area contributed by atoms with E-state index in [2.05, 4.69) is 9.97 Å². The minimum Gasteiger partial charge on any atom is -0.284 e. The van der Waals surface area contributed by atoms with Gasteiger partial charge < -0.3 is 0 Å². The maximum absolute atomic E-state index is 13.2. The predicted molar refractivity (Wildman–Crippen MR) is 133 cm³/mol. The van der Waals surface area contributed by atoms with Gasteiger partial charge in [0.15, 0.2) is 15.0 Å². The molecular formula is C24H22ClN3O3S2. The SMILES string of the molecule is O=C(CCCS(=O)(=O)Cc1ccccc1)N(Cc1cccnc1)c1nc2c(Cl)cccc2s1. The molecule has 0 saturated heterocycles. The molecule has 6 nitrogen and oxygen atoms in total. The topological polar surface area (TPSA) is 80.2 Å². The number of hydrogen-bond acceptors (Lipinski definition) is 6. The first kappa shape index (κ1) is 23.4. The first-order chi connectivity index (χ1) is 15.9. The zero-order valence-electron chi connectivity index (χ0n) is 17.7. The first-order valence-corrected chi connectivity index (χ1v) is 13.4. The molecular weight excluding hydrogens is 478 g/mol. The third kappa shape index (κ3) is 6.16. The Hall–Kier alpha value is -2.81. The first-order valence-electron chi connectivity index (χ1n) is 10.4. The third-order valence-electron chi connectivity index (χ3n) is 5.03. The summed E-state index contributed by atoms with van der Waals surface area (Å²) in [5.74, 6) is -0.276. The number of benzene rings is 2. The molecule has 0 N–H and O–H groups in total. The van der Waals surface area contributed by atoms with Gasteiger partial charge in [0, 0.05) is 18.8 Å². The number of aromatic nitrogens is 2. The summed E-state index contributed by atoms with van der Waals surface area (Å²) in [7, 11) is -3.32. The van der Waals surface area contributed by atoms with E-state index in [-0.39, 0.29) is 30.3 Å². The van der Waals surface area contributed by atoms with E-state index in [1.54, 1.807) is 35.5 Å². The molecule has 0 aliphatic carbocycles. The lowest BCUT2D eigenvalue weighted by molar-refractivity contribution is -0.118. The van der Waals surface area contributed by atoms with E-state index in [1.165, 1.54) is 11.3 Å². The van der Waals surface area contributed by atoms with Gasteiger partial charge >= 0.3 is 0 Å². The maximum Gasteiger partial charge on any atom is 0.229 e. The van der Waals surface area contributed by atoms with Gasteiger partial charge in [-0.15, -0.1) is 0 Å². The second kappa shape index (κ2) is 10.4. The summed E-state index contributed by atoms with van der Waals surface area (Å²) >= 11 is 7.66. The number of fused-ring (bicyclic) bond motifs is 1. The van der Waals surface area contributed by atoms with Crippen LogP contribution in [0, 0.1) is 0 Å². The summed E-state index contributed by atoms with van der Waals surface area (Å²) in [6.45, 7) is 0.293. The number of thiazole rings is 1. The molecule has 4 aromatic rings. The van der Waals surface area contributed by atoms with Crippen LogP contribution < -0.4 is 4.90 Å². The normalized spacial score (nSPS) is 11.5. The molecule has 9 heteroatoms. The number of nitrogens with zero attached hydrogens (tertiary/aromatic N) is 3. The van der Waals surface area contributed by atoms with Crippen molar-refractivity contribution in [1.82, 2.24) is 9.97 Å². The number of hydrogen-bond donors (Lipinski definition) is 0. The second-order valence-electron chi connectivity index (χ2n) is 7.61. The van der Waals surface area contributed by atoms with E-state index in [1.807, 2.05) is 42.5 Å². The monoisotopic (exact) mass is 499 g/mol. The number of anilines is 1.